The molecule has 1 aliphatic heterocycles. The van der Waals surface area contributed by atoms with E-state index >= 15 is 0 Å². The Morgan fingerprint density at radius 1 is 1.25 bits per heavy atom. The Morgan fingerprint density at radius 2 is 1.80 bits per heavy atom. The summed E-state index contributed by atoms with van der Waals surface area (Å²) in [5, 5.41) is 4.37. The van der Waals surface area contributed by atoms with Crippen molar-refractivity contribution in [1.82, 2.24) is 14.1 Å². The summed E-state index contributed by atoms with van der Waals surface area (Å²) in [7, 11) is -1.66. The van der Waals surface area contributed by atoms with Crippen LogP contribution in [0.5, 0.6) is 0 Å². The third kappa shape index (κ3) is 2.91. The lowest BCUT2D eigenvalue weighted by Gasteiger charge is -2.30. The molecule has 0 N–H and O–H groups in total. The highest BCUT2D eigenvalue weighted by atomic mass is 32.2. The number of hydrogen-bond donors (Lipinski definition) is 0. The van der Waals surface area contributed by atoms with Gasteiger partial charge < -0.3 is 0 Å². The van der Waals surface area contributed by atoms with Crippen LogP contribution >= 0.6 is 0 Å². The van der Waals surface area contributed by atoms with Crippen molar-refractivity contribution in [3.8, 4) is 0 Å². The molecule has 6 heteroatoms. The zero-order valence-electron chi connectivity index (χ0n) is 13.0. The van der Waals surface area contributed by atoms with Crippen LogP contribution in [-0.4, -0.2) is 35.6 Å². The predicted octanol–water partition coefficient (Wildman–Crippen LogP) is 2.14. The summed E-state index contributed by atoms with van der Waals surface area (Å²) in [6, 6.07) is 0. The molecule has 0 atom stereocenters. The monoisotopic (exact) mass is 299 g/mol. The molecule has 2 rings (SSSR count). The maximum atomic E-state index is 12.8. The first-order valence-electron chi connectivity index (χ1n) is 7.16. The third-order valence-corrected chi connectivity index (χ3v) is 5.77. The largest absolute Gasteiger partial charge is 0.274 e. The third-order valence-electron chi connectivity index (χ3n) is 3.87. The first-order valence-corrected chi connectivity index (χ1v) is 8.60. The van der Waals surface area contributed by atoms with Crippen molar-refractivity contribution in [2.75, 3.05) is 13.1 Å². The molecule has 0 aliphatic carbocycles. The fourth-order valence-corrected chi connectivity index (χ4v) is 4.39. The van der Waals surface area contributed by atoms with Crippen molar-refractivity contribution in [2.24, 2.45) is 13.0 Å². The number of aromatic nitrogens is 2. The van der Waals surface area contributed by atoms with Crippen LogP contribution in [0.3, 0.4) is 0 Å². The van der Waals surface area contributed by atoms with Gasteiger partial charge in [-0.05, 0) is 18.8 Å². The molecule has 1 fully saturated rings. The second kappa shape index (κ2) is 5.15. The molecule has 1 aromatic rings. The van der Waals surface area contributed by atoms with Gasteiger partial charge in [0.15, 0.2) is 0 Å². The number of rotatable bonds is 2. The van der Waals surface area contributed by atoms with Crippen LogP contribution in [-0.2, 0) is 22.5 Å². The van der Waals surface area contributed by atoms with Gasteiger partial charge in [0.25, 0.3) is 0 Å². The van der Waals surface area contributed by atoms with Gasteiger partial charge in [0.2, 0.25) is 10.0 Å². The Hall–Kier alpha value is -0.880. The minimum atomic E-state index is -3.43. The fraction of sp³-hybridized carbons (Fsp3) is 0.786. The molecule has 0 radical (unpaired) electrons. The molecule has 1 aromatic heterocycles. The van der Waals surface area contributed by atoms with Crippen molar-refractivity contribution >= 4 is 10.0 Å². The van der Waals surface area contributed by atoms with E-state index in [-0.39, 0.29) is 5.41 Å². The van der Waals surface area contributed by atoms with Gasteiger partial charge in [0, 0.05) is 31.7 Å². The molecule has 114 valence electrons. The number of aryl methyl sites for hydroxylation is 1. The van der Waals surface area contributed by atoms with E-state index in [0.717, 1.165) is 12.8 Å². The SMILES string of the molecule is CC1CCN(S(=O)(=O)c2cn(C)nc2C(C)(C)C)CC1. The topological polar surface area (TPSA) is 55.2 Å². The van der Waals surface area contributed by atoms with E-state index in [1.165, 1.54) is 0 Å². The van der Waals surface area contributed by atoms with Crippen LogP contribution in [0.15, 0.2) is 11.1 Å². The predicted molar refractivity (Wildman–Crippen MR) is 79.1 cm³/mol. The van der Waals surface area contributed by atoms with Crippen molar-refractivity contribution in [1.29, 1.82) is 0 Å². The maximum absolute atomic E-state index is 12.8. The molecule has 2 heterocycles. The highest BCUT2D eigenvalue weighted by Crippen LogP contribution is 2.31. The number of nitrogens with zero attached hydrogens (tertiary/aromatic N) is 3. The number of sulfonamides is 1. The minimum Gasteiger partial charge on any atom is -0.274 e. The lowest BCUT2D eigenvalue weighted by molar-refractivity contribution is 0.287. The Bertz CT molecular complexity index is 576. The molecule has 0 bridgehead atoms. The number of hydrogen-bond acceptors (Lipinski definition) is 3. The standard InChI is InChI=1S/C14H25N3O2S/c1-11-6-8-17(9-7-11)20(18,19)12-10-16(5)15-13(12)14(2,3)4/h10-11H,6-9H2,1-5H3. The normalized spacial score (nSPS) is 19.4. The average molecular weight is 299 g/mol. The van der Waals surface area contributed by atoms with Gasteiger partial charge in [-0.2, -0.15) is 9.40 Å². The van der Waals surface area contributed by atoms with Gasteiger partial charge in [-0.25, -0.2) is 8.42 Å². The van der Waals surface area contributed by atoms with Gasteiger partial charge >= 0.3 is 0 Å². The Labute approximate surface area is 122 Å². The van der Waals surface area contributed by atoms with E-state index in [1.807, 2.05) is 20.8 Å². The van der Waals surface area contributed by atoms with Gasteiger partial charge in [-0.1, -0.05) is 27.7 Å². The summed E-state index contributed by atoms with van der Waals surface area (Å²) in [6.45, 7) is 9.38. The van der Waals surface area contributed by atoms with Crippen molar-refractivity contribution in [3.63, 3.8) is 0 Å². The van der Waals surface area contributed by atoms with E-state index in [9.17, 15) is 8.42 Å². The van der Waals surface area contributed by atoms with E-state index in [1.54, 1.807) is 22.2 Å². The smallest absolute Gasteiger partial charge is 0.246 e. The van der Waals surface area contributed by atoms with E-state index < -0.39 is 10.0 Å². The molecule has 1 saturated heterocycles. The highest BCUT2D eigenvalue weighted by Gasteiger charge is 2.34. The minimum absolute atomic E-state index is 0.285. The fourth-order valence-electron chi connectivity index (χ4n) is 2.54. The highest BCUT2D eigenvalue weighted by molar-refractivity contribution is 7.89. The molecule has 20 heavy (non-hydrogen) atoms. The first-order chi connectivity index (χ1) is 9.12. The molecule has 0 aromatic carbocycles. The summed E-state index contributed by atoms with van der Waals surface area (Å²) < 4.78 is 28.9. The van der Waals surface area contributed by atoms with E-state index in [2.05, 4.69) is 12.0 Å². The average Bonchev–Trinajstić information content (AvgIpc) is 2.72. The second-order valence-corrected chi connectivity index (χ2v) is 8.76. The Morgan fingerprint density at radius 3 is 2.30 bits per heavy atom. The molecular formula is C14H25N3O2S. The molecule has 0 spiro atoms. The van der Waals surface area contributed by atoms with E-state index in [0.29, 0.717) is 29.6 Å². The molecule has 0 unspecified atom stereocenters. The molecule has 0 amide bonds. The first kappa shape index (κ1) is 15.5. The Balaban J connectivity index is 2.40. The van der Waals surface area contributed by atoms with Crippen LogP contribution in [0.25, 0.3) is 0 Å². The zero-order valence-corrected chi connectivity index (χ0v) is 13.9. The molecule has 5 nitrogen and oxygen atoms in total. The summed E-state index contributed by atoms with van der Waals surface area (Å²) in [5.41, 5.74) is 0.367. The van der Waals surface area contributed by atoms with Gasteiger partial charge in [-0.3, -0.25) is 4.68 Å². The van der Waals surface area contributed by atoms with Gasteiger partial charge in [0.05, 0.1) is 5.69 Å². The second-order valence-electron chi connectivity index (χ2n) is 6.85. The van der Waals surface area contributed by atoms with Crippen LogP contribution in [0, 0.1) is 5.92 Å². The lowest BCUT2D eigenvalue weighted by atomic mass is 9.92. The van der Waals surface area contributed by atoms with Gasteiger partial charge in [0.1, 0.15) is 4.90 Å². The van der Waals surface area contributed by atoms with Crippen LogP contribution in [0.2, 0.25) is 0 Å². The van der Waals surface area contributed by atoms with Crippen molar-refractivity contribution < 1.29 is 8.42 Å². The van der Waals surface area contributed by atoms with E-state index in [4.69, 9.17) is 0 Å². The molecule has 0 saturated carbocycles. The summed E-state index contributed by atoms with van der Waals surface area (Å²) in [4.78, 5) is 0.363. The number of piperidine rings is 1. The van der Waals surface area contributed by atoms with Gasteiger partial charge in [-0.15, -0.1) is 0 Å². The van der Waals surface area contributed by atoms with Crippen LogP contribution in [0.1, 0.15) is 46.2 Å². The van der Waals surface area contributed by atoms with Crippen LogP contribution in [0.4, 0.5) is 0 Å². The Kier molecular flexibility index (Phi) is 3.99. The summed E-state index contributed by atoms with van der Waals surface area (Å²) >= 11 is 0. The van der Waals surface area contributed by atoms with Crippen molar-refractivity contribution in [3.05, 3.63) is 11.9 Å². The lowest BCUT2D eigenvalue weighted by Crippen LogP contribution is -2.38. The summed E-state index contributed by atoms with van der Waals surface area (Å²) in [5.74, 6) is 0.609. The molecule has 1 aliphatic rings. The molecular weight excluding hydrogens is 274 g/mol. The zero-order chi connectivity index (χ0) is 15.1. The van der Waals surface area contributed by atoms with Crippen LogP contribution < -0.4 is 0 Å². The maximum Gasteiger partial charge on any atom is 0.246 e. The summed E-state index contributed by atoms with van der Waals surface area (Å²) in [6.07, 6.45) is 3.50. The quantitative estimate of drug-likeness (QED) is 0.840. The van der Waals surface area contributed by atoms with Crippen molar-refractivity contribution in [2.45, 2.75) is 50.8 Å².